The number of hydrogen-bond acceptors (Lipinski definition) is 3. The summed E-state index contributed by atoms with van der Waals surface area (Å²) in [7, 11) is 0. The van der Waals surface area contributed by atoms with Crippen molar-refractivity contribution in [2.24, 2.45) is 0 Å². The van der Waals surface area contributed by atoms with Crippen LogP contribution >= 0.6 is 0 Å². The fourth-order valence-electron chi connectivity index (χ4n) is 0.577. The maximum atomic E-state index is 5.25. The fourth-order valence-corrected chi connectivity index (χ4v) is 0.577. The molecule has 0 aromatic carbocycles. The molecule has 2 rings (SSSR count). The van der Waals surface area contributed by atoms with E-state index in [1.165, 1.54) is 0 Å². The van der Waals surface area contributed by atoms with Crippen molar-refractivity contribution in [3.63, 3.8) is 0 Å². The van der Waals surface area contributed by atoms with E-state index in [0.717, 1.165) is 13.2 Å². The molecule has 2 unspecified atom stereocenters. The zero-order valence-electron chi connectivity index (χ0n) is 7.37. The molecule has 0 spiro atoms. The summed E-state index contributed by atoms with van der Waals surface area (Å²) < 4.78 is 14.8. The highest BCUT2D eigenvalue weighted by molar-refractivity contribution is 4.70. The summed E-state index contributed by atoms with van der Waals surface area (Å²) >= 11 is 0. The van der Waals surface area contributed by atoms with E-state index < -0.39 is 0 Å². The van der Waals surface area contributed by atoms with Crippen LogP contribution < -0.4 is 0 Å². The van der Waals surface area contributed by atoms with Crippen molar-refractivity contribution in [3.8, 4) is 0 Å². The average Bonchev–Trinajstić information content (AvgIpc) is 2.65. The standard InChI is InChI=1S/C6H12O2.C2H4O/c1-4(2)7-6-5(3)8-6;1-2-3-1/h4-6H,1-3H3;1-2H2. The van der Waals surface area contributed by atoms with Crippen molar-refractivity contribution < 1.29 is 14.2 Å². The van der Waals surface area contributed by atoms with Crippen LogP contribution in [-0.4, -0.2) is 31.7 Å². The highest BCUT2D eigenvalue weighted by atomic mass is 16.8. The van der Waals surface area contributed by atoms with Gasteiger partial charge in [0.1, 0.15) is 6.10 Å². The highest BCUT2D eigenvalue weighted by Gasteiger charge is 2.35. The van der Waals surface area contributed by atoms with Crippen LogP contribution in [0.4, 0.5) is 0 Å². The van der Waals surface area contributed by atoms with Crippen molar-refractivity contribution in [1.82, 2.24) is 0 Å². The van der Waals surface area contributed by atoms with Crippen molar-refractivity contribution in [2.45, 2.75) is 39.3 Å². The van der Waals surface area contributed by atoms with Crippen LogP contribution in [0.25, 0.3) is 0 Å². The monoisotopic (exact) mass is 160 g/mol. The number of hydrogen-bond donors (Lipinski definition) is 0. The van der Waals surface area contributed by atoms with E-state index in [1.807, 2.05) is 20.8 Å². The summed E-state index contributed by atoms with van der Waals surface area (Å²) in [5.41, 5.74) is 0. The molecule has 2 atom stereocenters. The van der Waals surface area contributed by atoms with E-state index in [2.05, 4.69) is 4.74 Å². The molecule has 0 aromatic heterocycles. The second-order valence-corrected chi connectivity index (χ2v) is 3.01. The van der Waals surface area contributed by atoms with Gasteiger partial charge in [0, 0.05) is 0 Å². The molecule has 0 amide bonds. The molecule has 2 fully saturated rings. The second-order valence-electron chi connectivity index (χ2n) is 3.01. The molecule has 0 saturated carbocycles. The molecule has 0 radical (unpaired) electrons. The second kappa shape index (κ2) is 4.04. The van der Waals surface area contributed by atoms with Crippen molar-refractivity contribution in [2.75, 3.05) is 13.2 Å². The van der Waals surface area contributed by atoms with Gasteiger partial charge in [-0.25, -0.2) is 0 Å². The molecule has 2 heterocycles. The Hall–Kier alpha value is -0.120. The van der Waals surface area contributed by atoms with Crippen LogP contribution in [0.1, 0.15) is 20.8 Å². The summed E-state index contributed by atoms with van der Waals surface area (Å²) in [6.45, 7) is 8.02. The molecule has 2 aliphatic heterocycles. The summed E-state index contributed by atoms with van der Waals surface area (Å²) in [6.07, 6.45) is 0.720. The molecule has 2 aliphatic rings. The Labute approximate surface area is 67.6 Å². The highest BCUT2D eigenvalue weighted by Crippen LogP contribution is 2.22. The van der Waals surface area contributed by atoms with E-state index >= 15 is 0 Å². The van der Waals surface area contributed by atoms with Gasteiger partial charge in [-0.2, -0.15) is 0 Å². The minimum Gasteiger partial charge on any atom is -0.377 e. The normalized spacial score (nSPS) is 32.7. The molecule has 3 heteroatoms. The lowest BCUT2D eigenvalue weighted by Crippen LogP contribution is -2.06. The number of rotatable bonds is 2. The summed E-state index contributed by atoms with van der Waals surface area (Å²) in [6, 6.07) is 0. The maximum Gasteiger partial charge on any atom is 0.184 e. The SMILES string of the molecule is C1CO1.CC(C)OC1OC1C. The van der Waals surface area contributed by atoms with E-state index in [4.69, 9.17) is 9.47 Å². The lowest BCUT2D eigenvalue weighted by Gasteiger charge is -2.00. The Bertz CT molecular complexity index is 109. The van der Waals surface area contributed by atoms with Crippen molar-refractivity contribution in [1.29, 1.82) is 0 Å². The zero-order chi connectivity index (χ0) is 8.27. The van der Waals surface area contributed by atoms with Crippen molar-refractivity contribution >= 4 is 0 Å². The first kappa shape index (κ1) is 8.97. The third kappa shape index (κ3) is 5.18. The molecular weight excluding hydrogens is 144 g/mol. The van der Waals surface area contributed by atoms with Gasteiger partial charge >= 0.3 is 0 Å². The number of epoxide rings is 2. The van der Waals surface area contributed by atoms with Crippen LogP contribution in [0.2, 0.25) is 0 Å². The molecule has 0 N–H and O–H groups in total. The van der Waals surface area contributed by atoms with Gasteiger partial charge in [-0.1, -0.05) is 0 Å². The lowest BCUT2D eigenvalue weighted by atomic mass is 10.4. The Morgan fingerprint density at radius 3 is 1.91 bits per heavy atom. The molecule has 0 bridgehead atoms. The first-order valence-corrected chi connectivity index (χ1v) is 4.09. The fraction of sp³-hybridized carbons (Fsp3) is 1.00. The van der Waals surface area contributed by atoms with E-state index in [9.17, 15) is 0 Å². The quantitative estimate of drug-likeness (QED) is 0.569. The summed E-state index contributed by atoms with van der Waals surface area (Å²) in [5, 5.41) is 0. The van der Waals surface area contributed by atoms with Gasteiger partial charge in [0.15, 0.2) is 6.29 Å². The topological polar surface area (TPSA) is 34.3 Å². The number of ether oxygens (including phenoxy) is 3. The van der Waals surface area contributed by atoms with Gasteiger partial charge in [0.25, 0.3) is 0 Å². The van der Waals surface area contributed by atoms with E-state index in [1.54, 1.807) is 0 Å². The van der Waals surface area contributed by atoms with Crippen LogP contribution in [0.5, 0.6) is 0 Å². The van der Waals surface area contributed by atoms with Gasteiger partial charge in [-0.15, -0.1) is 0 Å². The molecule has 66 valence electrons. The van der Waals surface area contributed by atoms with Crippen LogP contribution in [0.3, 0.4) is 0 Å². The third-order valence-electron chi connectivity index (χ3n) is 1.27. The Morgan fingerprint density at radius 1 is 1.36 bits per heavy atom. The first-order chi connectivity index (χ1) is 5.20. The molecule has 3 nitrogen and oxygen atoms in total. The molecule has 0 aliphatic carbocycles. The third-order valence-corrected chi connectivity index (χ3v) is 1.27. The molecular formula is C8H16O3. The zero-order valence-corrected chi connectivity index (χ0v) is 7.37. The molecule has 11 heavy (non-hydrogen) atoms. The summed E-state index contributed by atoms with van der Waals surface area (Å²) in [5.74, 6) is 0. The van der Waals surface area contributed by atoms with Gasteiger partial charge in [0.05, 0.1) is 19.3 Å². The first-order valence-electron chi connectivity index (χ1n) is 4.09. The maximum absolute atomic E-state index is 5.25. The van der Waals surface area contributed by atoms with Crippen LogP contribution in [0.15, 0.2) is 0 Å². The molecule has 0 aromatic rings. The predicted octanol–water partition coefficient (Wildman–Crippen LogP) is 1.17. The molecule has 2 saturated heterocycles. The summed E-state index contributed by atoms with van der Waals surface area (Å²) in [4.78, 5) is 0. The average molecular weight is 160 g/mol. The minimum atomic E-state index is 0.0926. The largest absolute Gasteiger partial charge is 0.377 e. The van der Waals surface area contributed by atoms with E-state index in [0.29, 0.717) is 12.2 Å². The van der Waals surface area contributed by atoms with Gasteiger partial charge in [-0.3, -0.25) is 0 Å². The Morgan fingerprint density at radius 2 is 1.82 bits per heavy atom. The smallest absolute Gasteiger partial charge is 0.184 e. The van der Waals surface area contributed by atoms with Crippen LogP contribution in [0, 0.1) is 0 Å². The Kier molecular flexibility index (Phi) is 3.30. The lowest BCUT2D eigenvalue weighted by molar-refractivity contribution is 0.00805. The minimum absolute atomic E-state index is 0.0926. The van der Waals surface area contributed by atoms with Crippen molar-refractivity contribution in [3.05, 3.63) is 0 Å². The van der Waals surface area contributed by atoms with E-state index in [-0.39, 0.29) is 6.29 Å². The van der Waals surface area contributed by atoms with Gasteiger partial charge in [-0.05, 0) is 20.8 Å². The predicted molar refractivity (Wildman–Crippen MR) is 41.4 cm³/mol. The van der Waals surface area contributed by atoms with Gasteiger partial charge in [0.2, 0.25) is 0 Å². The Balaban J connectivity index is 0.000000167. The van der Waals surface area contributed by atoms with Crippen LogP contribution in [-0.2, 0) is 14.2 Å². The van der Waals surface area contributed by atoms with Gasteiger partial charge < -0.3 is 14.2 Å².